The van der Waals surface area contributed by atoms with Crippen molar-refractivity contribution in [3.05, 3.63) is 48.0 Å². The SMILES string of the molecule is CNC(Cc1cccc2ccccc12)C(N)=O. The van der Waals surface area contributed by atoms with Crippen molar-refractivity contribution in [1.82, 2.24) is 5.32 Å². The van der Waals surface area contributed by atoms with Crippen LogP contribution < -0.4 is 11.1 Å². The largest absolute Gasteiger partial charge is 0.368 e. The second kappa shape index (κ2) is 4.97. The second-order valence-corrected chi connectivity index (χ2v) is 4.09. The number of hydrogen-bond acceptors (Lipinski definition) is 2. The molecule has 1 amide bonds. The first-order valence-electron chi connectivity index (χ1n) is 5.65. The van der Waals surface area contributed by atoms with Crippen molar-refractivity contribution in [2.75, 3.05) is 7.05 Å². The van der Waals surface area contributed by atoms with Gasteiger partial charge in [-0.25, -0.2) is 0 Å². The molecule has 2 rings (SSSR count). The van der Waals surface area contributed by atoms with Crippen molar-refractivity contribution >= 4 is 16.7 Å². The molecule has 1 unspecified atom stereocenters. The molecule has 0 bridgehead atoms. The van der Waals surface area contributed by atoms with Gasteiger partial charge in [-0.2, -0.15) is 0 Å². The van der Waals surface area contributed by atoms with Gasteiger partial charge in [-0.15, -0.1) is 0 Å². The van der Waals surface area contributed by atoms with Gasteiger partial charge in [0.2, 0.25) is 5.91 Å². The first-order chi connectivity index (χ1) is 8.22. The molecule has 2 aromatic rings. The standard InChI is InChI=1S/C14H16N2O/c1-16-13(14(15)17)9-11-7-4-6-10-5-2-3-8-12(10)11/h2-8,13,16H,9H2,1H3,(H2,15,17). The van der Waals surface area contributed by atoms with E-state index in [1.807, 2.05) is 24.3 Å². The summed E-state index contributed by atoms with van der Waals surface area (Å²) in [5.74, 6) is -0.319. The first-order valence-corrected chi connectivity index (χ1v) is 5.65. The van der Waals surface area contributed by atoms with Crippen LogP contribution in [0.1, 0.15) is 5.56 Å². The highest BCUT2D eigenvalue weighted by atomic mass is 16.1. The van der Waals surface area contributed by atoms with Gasteiger partial charge in [0, 0.05) is 0 Å². The van der Waals surface area contributed by atoms with Crippen LogP contribution in [-0.4, -0.2) is 19.0 Å². The molecule has 3 heteroatoms. The number of fused-ring (bicyclic) bond motifs is 1. The molecule has 3 nitrogen and oxygen atoms in total. The molecule has 0 saturated heterocycles. The molecule has 88 valence electrons. The molecule has 0 saturated carbocycles. The fourth-order valence-corrected chi connectivity index (χ4v) is 2.04. The van der Waals surface area contributed by atoms with E-state index in [4.69, 9.17) is 5.73 Å². The summed E-state index contributed by atoms with van der Waals surface area (Å²) in [5, 5.41) is 5.30. The monoisotopic (exact) mass is 228 g/mol. The lowest BCUT2D eigenvalue weighted by atomic mass is 9.98. The Morgan fingerprint density at radius 2 is 1.94 bits per heavy atom. The molecule has 3 N–H and O–H groups in total. The summed E-state index contributed by atoms with van der Waals surface area (Å²) in [4.78, 5) is 11.2. The van der Waals surface area contributed by atoms with E-state index in [-0.39, 0.29) is 11.9 Å². The Bertz CT molecular complexity index is 531. The minimum absolute atomic E-state index is 0.319. The number of amides is 1. The van der Waals surface area contributed by atoms with Crippen LogP contribution in [0, 0.1) is 0 Å². The predicted octanol–water partition coefficient (Wildman–Crippen LogP) is 1.46. The van der Waals surface area contributed by atoms with E-state index in [1.165, 1.54) is 10.8 Å². The van der Waals surface area contributed by atoms with Crippen molar-refractivity contribution in [3.8, 4) is 0 Å². The zero-order chi connectivity index (χ0) is 12.3. The lowest BCUT2D eigenvalue weighted by molar-refractivity contribution is -0.119. The summed E-state index contributed by atoms with van der Waals surface area (Å²) >= 11 is 0. The molecule has 0 aliphatic carbocycles. The summed E-state index contributed by atoms with van der Waals surface area (Å²) in [5.41, 5.74) is 6.48. The average molecular weight is 228 g/mol. The smallest absolute Gasteiger partial charge is 0.234 e. The average Bonchev–Trinajstić information content (AvgIpc) is 2.35. The van der Waals surface area contributed by atoms with E-state index in [0.29, 0.717) is 6.42 Å². The van der Waals surface area contributed by atoms with Crippen LogP contribution in [0.15, 0.2) is 42.5 Å². The number of hydrogen-bond donors (Lipinski definition) is 2. The Kier molecular flexibility index (Phi) is 3.40. The van der Waals surface area contributed by atoms with Gasteiger partial charge in [0.25, 0.3) is 0 Å². The fraction of sp³-hybridized carbons (Fsp3) is 0.214. The molecule has 0 aliphatic rings. The number of benzene rings is 2. The summed E-state index contributed by atoms with van der Waals surface area (Å²) in [6.45, 7) is 0. The van der Waals surface area contributed by atoms with E-state index < -0.39 is 0 Å². The minimum Gasteiger partial charge on any atom is -0.368 e. The highest BCUT2D eigenvalue weighted by Crippen LogP contribution is 2.19. The van der Waals surface area contributed by atoms with Crippen LogP contribution in [-0.2, 0) is 11.2 Å². The Labute approximate surface area is 101 Å². The number of primary amides is 1. The molecule has 17 heavy (non-hydrogen) atoms. The Morgan fingerprint density at radius 3 is 2.65 bits per heavy atom. The molecule has 1 atom stereocenters. The quantitative estimate of drug-likeness (QED) is 0.832. The van der Waals surface area contributed by atoms with Crippen LogP contribution >= 0.6 is 0 Å². The molecule has 2 aromatic carbocycles. The van der Waals surface area contributed by atoms with Crippen molar-refractivity contribution in [1.29, 1.82) is 0 Å². The molecular weight excluding hydrogens is 212 g/mol. The number of rotatable bonds is 4. The molecular formula is C14H16N2O. The van der Waals surface area contributed by atoms with Gasteiger partial charge in [-0.1, -0.05) is 42.5 Å². The molecule has 0 spiro atoms. The zero-order valence-corrected chi connectivity index (χ0v) is 9.81. The van der Waals surface area contributed by atoms with Gasteiger partial charge >= 0.3 is 0 Å². The number of nitrogens with one attached hydrogen (secondary N) is 1. The van der Waals surface area contributed by atoms with E-state index in [0.717, 1.165) is 5.56 Å². The first kappa shape index (κ1) is 11.6. The summed E-state index contributed by atoms with van der Waals surface area (Å²) in [6, 6.07) is 13.9. The number of carbonyl (C=O) groups excluding carboxylic acids is 1. The normalized spacial score (nSPS) is 12.5. The Morgan fingerprint density at radius 1 is 1.24 bits per heavy atom. The van der Waals surface area contributed by atoms with Gasteiger partial charge in [-0.05, 0) is 29.8 Å². The van der Waals surface area contributed by atoms with Gasteiger partial charge < -0.3 is 11.1 Å². The van der Waals surface area contributed by atoms with Gasteiger partial charge in [-0.3, -0.25) is 4.79 Å². The summed E-state index contributed by atoms with van der Waals surface area (Å²) in [7, 11) is 1.75. The van der Waals surface area contributed by atoms with Crippen molar-refractivity contribution in [2.24, 2.45) is 5.73 Å². The zero-order valence-electron chi connectivity index (χ0n) is 9.81. The van der Waals surface area contributed by atoms with Crippen molar-refractivity contribution in [3.63, 3.8) is 0 Å². The van der Waals surface area contributed by atoms with Crippen LogP contribution in [0.4, 0.5) is 0 Å². The highest BCUT2D eigenvalue weighted by molar-refractivity contribution is 5.87. The number of carbonyl (C=O) groups is 1. The maximum atomic E-state index is 11.2. The van der Waals surface area contributed by atoms with E-state index in [2.05, 4.69) is 23.5 Å². The fourth-order valence-electron chi connectivity index (χ4n) is 2.04. The molecule has 0 aliphatic heterocycles. The van der Waals surface area contributed by atoms with E-state index in [9.17, 15) is 4.79 Å². The third-order valence-electron chi connectivity index (χ3n) is 3.00. The van der Waals surface area contributed by atoms with E-state index in [1.54, 1.807) is 7.05 Å². The van der Waals surface area contributed by atoms with Gasteiger partial charge in [0.1, 0.15) is 0 Å². The Balaban J connectivity index is 2.38. The molecule has 0 fully saturated rings. The van der Waals surface area contributed by atoms with Crippen LogP contribution in [0.5, 0.6) is 0 Å². The summed E-state index contributed by atoms with van der Waals surface area (Å²) in [6.07, 6.45) is 0.618. The van der Waals surface area contributed by atoms with Crippen molar-refractivity contribution < 1.29 is 4.79 Å². The number of likely N-dealkylation sites (N-methyl/N-ethyl adjacent to an activating group) is 1. The topological polar surface area (TPSA) is 55.1 Å². The maximum Gasteiger partial charge on any atom is 0.234 e. The number of nitrogens with two attached hydrogens (primary N) is 1. The third-order valence-corrected chi connectivity index (χ3v) is 3.00. The molecule has 0 heterocycles. The molecule has 0 aromatic heterocycles. The lowest BCUT2D eigenvalue weighted by Crippen LogP contribution is -2.40. The molecule has 0 radical (unpaired) electrons. The predicted molar refractivity (Wildman–Crippen MR) is 69.7 cm³/mol. The van der Waals surface area contributed by atoms with Crippen LogP contribution in [0.3, 0.4) is 0 Å². The lowest BCUT2D eigenvalue weighted by Gasteiger charge is -2.13. The van der Waals surface area contributed by atoms with Crippen LogP contribution in [0.2, 0.25) is 0 Å². The van der Waals surface area contributed by atoms with Crippen LogP contribution in [0.25, 0.3) is 10.8 Å². The Hall–Kier alpha value is -1.87. The van der Waals surface area contributed by atoms with E-state index >= 15 is 0 Å². The maximum absolute atomic E-state index is 11.2. The highest BCUT2D eigenvalue weighted by Gasteiger charge is 2.14. The van der Waals surface area contributed by atoms with Gasteiger partial charge in [0.15, 0.2) is 0 Å². The van der Waals surface area contributed by atoms with Crippen molar-refractivity contribution in [2.45, 2.75) is 12.5 Å². The minimum atomic E-state index is -0.319. The summed E-state index contributed by atoms with van der Waals surface area (Å²) < 4.78 is 0. The third kappa shape index (κ3) is 2.45. The van der Waals surface area contributed by atoms with Gasteiger partial charge in [0.05, 0.1) is 6.04 Å². The second-order valence-electron chi connectivity index (χ2n) is 4.09.